The van der Waals surface area contributed by atoms with Gasteiger partial charge in [-0.3, -0.25) is 4.79 Å². The molecular weight excluding hydrogens is 188 g/mol. The fourth-order valence-corrected chi connectivity index (χ4v) is 1.91. The van der Waals surface area contributed by atoms with Gasteiger partial charge in [0.15, 0.2) is 5.78 Å². The first-order valence-electron chi connectivity index (χ1n) is 5.78. The van der Waals surface area contributed by atoms with Crippen LogP contribution in [-0.2, 0) is 9.53 Å². The van der Waals surface area contributed by atoms with E-state index in [1.165, 1.54) is 0 Å². The molecule has 0 aromatic heterocycles. The van der Waals surface area contributed by atoms with Crippen LogP contribution < -0.4 is 0 Å². The third-order valence-corrected chi connectivity index (χ3v) is 2.84. The van der Waals surface area contributed by atoms with Crippen molar-refractivity contribution < 1.29 is 9.53 Å². The van der Waals surface area contributed by atoms with Crippen molar-refractivity contribution in [1.29, 1.82) is 0 Å². The topological polar surface area (TPSA) is 26.3 Å². The monoisotopic (exact) mass is 212 g/mol. The van der Waals surface area contributed by atoms with Crippen LogP contribution in [0.4, 0.5) is 0 Å². The second kappa shape index (κ2) is 6.65. The largest absolute Gasteiger partial charge is 0.500 e. The molecule has 0 aliphatic rings. The number of methoxy groups -OCH3 is 1. The number of carbonyl (C=O) groups excluding carboxylic acids is 1. The van der Waals surface area contributed by atoms with Gasteiger partial charge < -0.3 is 4.74 Å². The summed E-state index contributed by atoms with van der Waals surface area (Å²) in [6.07, 6.45) is 1.81. The van der Waals surface area contributed by atoms with E-state index in [9.17, 15) is 4.79 Å². The van der Waals surface area contributed by atoms with Crippen LogP contribution in [0.5, 0.6) is 0 Å². The van der Waals surface area contributed by atoms with E-state index in [0.29, 0.717) is 0 Å². The number of allylic oxidation sites excluding steroid dienone is 2. The minimum absolute atomic E-state index is 0.147. The Hall–Kier alpha value is -0.790. The predicted octanol–water partition coefficient (Wildman–Crippen LogP) is 3.57. The Bertz CT molecular complexity index is 235. The van der Waals surface area contributed by atoms with Gasteiger partial charge in [-0.15, -0.1) is 0 Å². The van der Waals surface area contributed by atoms with E-state index < -0.39 is 0 Å². The van der Waals surface area contributed by atoms with Crippen molar-refractivity contribution in [3.8, 4) is 0 Å². The molecule has 0 rings (SSSR count). The van der Waals surface area contributed by atoms with E-state index in [2.05, 4.69) is 13.8 Å². The van der Waals surface area contributed by atoms with Crippen LogP contribution >= 0.6 is 0 Å². The number of ether oxygens (including phenoxy) is 1. The van der Waals surface area contributed by atoms with E-state index in [1.807, 2.05) is 20.8 Å². The molecule has 2 heteroatoms. The van der Waals surface area contributed by atoms with Crippen molar-refractivity contribution in [2.24, 2.45) is 11.8 Å². The molecule has 0 spiro atoms. The highest BCUT2D eigenvalue weighted by atomic mass is 16.5. The number of hydrogen-bond acceptors (Lipinski definition) is 2. The Kier molecular flexibility index (Phi) is 6.30. The lowest BCUT2D eigenvalue weighted by Gasteiger charge is -2.17. The molecule has 0 aromatic rings. The maximum atomic E-state index is 12.1. The predicted molar refractivity (Wildman–Crippen MR) is 63.6 cm³/mol. The van der Waals surface area contributed by atoms with Gasteiger partial charge in [0.2, 0.25) is 0 Å². The molecule has 0 aliphatic heterocycles. The Morgan fingerprint density at radius 3 is 1.93 bits per heavy atom. The summed E-state index contributed by atoms with van der Waals surface area (Å²) in [5.74, 6) is 1.49. The molecule has 88 valence electrons. The van der Waals surface area contributed by atoms with E-state index in [-0.39, 0.29) is 17.6 Å². The second-order valence-electron chi connectivity index (χ2n) is 4.23. The normalized spacial score (nSPS) is 13.1. The van der Waals surface area contributed by atoms with Crippen LogP contribution in [0, 0.1) is 11.8 Å². The van der Waals surface area contributed by atoms with Gasteiger partial charge in [0, 0.05) is 17.4 Å². The smallest absolute Gasteiger partial charge is 0.164 e. The number of carbonyl (C=O) groups is 1. The van der Waals surface area contributed by atoms with Gasteiger partial charge in [0.25, 0.3) is 0 Å². The summed E-state index contributed by atoms with van der Waals surface area (Å²) in [4.78, 5) is 12.1. The Morgan fingerprint density at radius 2 is 1.67 bits per heavy atom. The third-order valence-electron chi connectivity index (χ3n) is 2.84. The minimum Gasteiger partial charge on any atom is -0.500 e. The van der Waals surface area contributed by atoms with E-state index in [4.69, 9.17) is 4.74 Å². The highest BCUT2D eigenvalue weighted by Crippen LogP contribution is 2.21. The lowest BCUT2D eigenvalue weighted by molar-refractivity contribution is -0.119. The maximum Gasteiger partial charge on any atom is 0.164 e. The molecule has 0 fully saturated rings. The molecule has 0 bridgehead atoms. The summed E-state index contributed by atoms with van der Waals surface area (Å²) in [6, 6.07) is 0. The summed E-state index contributed by atoms with van der Waals surface area (Å²) in [6.45, 7) is 10.1. The first-order chi connectivity index (χ1) is 6.99. The van der Waals surface area contributed by atoms with Crippen molar-refractivity contribution in [3.05, 3.63) is 11.3 Å². The van der Waals surface area contributed by atoms with Gasteiger partial charge in [-0.25, -0.2) is 0 Å². The van der Waals surface area contributed by atoms with Crippen molar-refractivity contribution in [2.45, 2.75) is 47.5 Å². The van der Waals surface area contributed by atoms with Crippen LogP contribution in [0.1, 0.15) is 47.5 Å². The molecule has 0 amide bonds. The second-order valence-corrected chi connectivity index (χ2v) is 4.23. The highest BCUT2D eigenvalue weighted by molar-refractivity contribution is 5.97. The quantitative estimate of drug-likeness (QED) is 0.497. The number of ketones is 1. The van der Waals surface area contributed by atoms with Gasteiger partial charge in [-0.05, 0) is 19.8 Å². The average molecular weight is 212 g/mol. The first kappa shape index (κ1) is 14.2. The van der Waals surface area contributed by atoms with Crippen LogP contribution in [0.15, 0.2) is 11.3 Å². The molecule has 0 saturated carbocycles. The van der Waals surface area contributed by atoms with E-state index in [0.717, 1.165) is 24.2 Å². The van der Waals surface area contributed by atoms with Gasteiger partial charge in [-0.1, -0.05) is 27.7 Å². The highest BCUT2D eigenvalue weighted by Gasteiger charge is 2.20. The maximum absolute atomic E-state index is 12.1. The zero-order chi connectivity index (χ0) is 12.0. The average Bonchev–Trinajstić information content (AvgIpc) is 2.19. The Labute approximate surface area is 93.7 Å². The van der Waals surface area contributed by atoms with Crippen LogP contribution in [-0.4, -0.2) is 12.9 Å². The van der Waals surface area contributed by atoms with Crippen molar-refractivity contribution in [2.75, 3.05) is 7.11 Å². The van der Waals surface area contributed by atoms with E-state index >= 15 is 0 Å². The fourth-order valence-electron chi connectivity index (χ4n) is 1.91. The standard InChI is InChI=1S/C13H24O2/c1-7-11(8-2)12(14)10(5)13(15-6)9(3)4/h9,11H,7-8H2,1-6H3/b13-10-. The van der Waals surface area contributed by atoms with Crippen molar-refractivity contribution >= 4 is 5.78 Å². The van der Waals surface area contributed by atoms with Crippen molar-refractivity contribution in [3.63, 3.8) is 0 Å². The molecule has 0 heterocycles. The summed E-state index contributed by atoms with van der Waals surface area (Å²) >= 11 is 0. The minimum atomic E-state index is 0.147. The van der Waals surface area contributed by atoms with Crippen molar-refractivity contribution in [1.82, 2.24) is 0 Å². The fraction of sp³-hybridized carbons (Fsp3) is 0.769. The molecule has 0 aromatic carbocycles. The summed E-state index contributed by atoms with van der Waals surface area (Å²) in [5, 5.41) is 0. The van der Waals surface area contributed by atoms with Gasteiger partial charge in [0.1, 0.15) is 5.76 Å². The summed E-state index contributed by atoms with van der Waals surface area (Å²) in [7, 11) is 1.64. The molecule has 15 heavy (non-hydrogen) atoms. The summed E-state index contributed by atoms with van der Waals surface area (Å²) < 4.78 is 5.29. The Morgan fingerprint density at radius 1 is 1.20 bits per heavy atom. The first-order valence-corrected chi connectivity index (χ1v) is 5.78. The lowest BCUT2D eigenvalue weighted by atomic mass is 9.91. The third kappa shape index (κ3) is 3.69. The molecule has 0 atom stereocenters. The number of hydrogen-bond donors (Lipinski definition) is 0. The zero-order valence-corrected chi connectivity index (χ0v) is 10.9. The SMILES string of the molecule is CCC(CC)C(=O)/C(C)=C(\OC)C(C)C. The van der Waals surface area contributed by atoms with Crippen LogP contribution in [0.25, 0.3) is 0 Å². The van der Waals surface area contributed by atoms with Crippen LogP contribution in [0.3, 0.4) is 0 Å². The molecule has 0 radical (unpaired) electrons. The van der Waals surface area contributed by atoms with Crippen LogP contribution in [0.2, 0.25) is 0 Å². The number of rotatable bonds is 6. The molecule has 0 N–H and O–H groups in total. The van der Waals surface area contributed by atoms with E-state index in [1.54, 1.807) is 7.11 Å². The lowest BCUT2D eigenvalue weighted by Crippen LogP contribution is -2.17. The van der Waals surface area contributed by atoms with Gasteiger partial charge in [-0.2, -0.15) is 0 Å². The van der Waals surface area contributed by atoms with Gasteiger partial charge in [0.05, 0.1) is 7.11 Å². The number of Topliss-reactive ketones (excluding diaryl/α,β-unsaturated/α-hetero) is 1. The Balaban J connectivity index is 4.94. The molecule has 0 unspecified atom stereocenters. The molecule has 2 nitrogen and oxygen atoms in total. The molecule has 0 saturated heterocycles. The zero-order valence-electron chi connectivity index (χ0n) is 10.9. The summed E-state index contributed by atoms with van der Waals surface area (Å²) in [5.41, 5.74) is 0.793. The van der Waals surface area contributed by atoms with Gasteiger partial charge >= 0.3 is 0 Å². The molecule has 0 aliphatic carbocycles. The molecular formula is C13H24O2.